The number of fused-ring (bicyclic) bond motifs is 1. The van der Waals surface area contributed by atoms with Crippen LogP contribution in [0.1, 0.15) is 5.69 Å². The molecule has 0 fully saturated rings. The quantitative estimate of drug-likeness (QED) is 0.747. The maximum atomic E-state index is 11.1. The fraction of sp³-hybridized carbons (Fsp3) is 0.250. The van der Waals surface area contributed by atoms with E-state index in [9.17, 15) is 4.79 Å². The maximum Gasteiger partial charge on any atom is 0.250 e. The van der Waals surface area contributed by atoms with Crippen molar-refractivity contribution in [3.05, 3.63) is 22.4 Å². The van der Waals surface area contributed by atoms with E-state index in [1.165, 1.54) is 0 Å². The van der Waals surface area contributed by atoms with Crippen molar-refractivity contribution in [1.82, 2.24) is 4.98 Å². The Balaban J connectivity index is 2.40. The second-order valence-electron chi connectivity index (χ2n) is 2.69. The van der Waals surface area contributed by atoms with Gasteiger partial charge in [-0.25, -0.2) is 0 Å². The Morgan fingerprint density at radius 3 is 3.23 bits per heavy atom. The molecule has 5 heteroatoms. The number of carbonyl (C=O) groups excluding carboxylic acids is 1. The average Bonchev–Trinajstić information content (AvgIpc) is 2.25. The predicted molar refractivity (Wildman–Crippen MR) is 50.2 cm³/mol. The van der Waals surface area contributed by atoms with E-state index in [1.54, 1.807) is 6.20 Å². The first-order chi connectivity index (χ1) is 6.25. The van der Waals surface area contributed by atoms with Crippen molar-refractivity contribution < 1.29 is 9.53 Å². The number of ether oxygens (including phenoxy) is 1. The largest absolute Gasteiger partial charge is 0.365 e. The molecule has 68 valence electrons. The molecule has 0 spiro atoms. The summed E-state index contributed by atoms with van der Waals surface area (Å²) in [5.41, 5.74) is 1.48. The number of rotatable bonds is 0. The summed E-state index contributed by atoms with van der Waals surface area (Å²) < 4.78 is 5.92. The van der Waals surface area contributed by atoms with E-state index in [4.69, 9.17) is 4.74 Å². The number of hydrogen-bond acceptors (Lipinski definition) is 3. The molecule has 1 aromatic heterocycles. The number of carbonyl (C=O) groups is 1. The average molecular weight is 243 g/mol. The van der Waals surface area contributed by atoms with Gasteiger partial charge >= 0.3 is 0 Å². The molecule has 4 nitrogen and oxygen atoms in total. The Morgan fingerprint density at radius 2 is 2.38 bits per heavy atom. The molecule has 1 N–H and O–H groups in total. The highest BCUT2D eigenvalue weighted by Crippen LogP contribution is 2.21. The van der Waals surface area contributed by atoms with Gasteiger partial charge in [-0.3, -0.25) is 9.78 Å². The van der Waals surface area contributed by atoms with Gasteiger partial charge in [0.2, 0.25) is 5.91 Å². The second kappa shape index (κ2) is 3.43. The summed E-state index contributed by atoms with van der Waals surface area (Å²) in [7, 11) is 0. The van der Waals surface area contributed by atoms with Gasteiger partial charge in [0.1, 0.15) is 6.61 Å². The smallest absolute Gasteiger partial charge is 0.250 e. The van der Waals surface area contributed by atoms with Crippen molar-refractivity contribution in [3.63, 3.8) is 0 Å². The second-order valence-corrected chi connectivity index (χ2v) is 3.60. The molecule has 0 bridgehead atoms. The molecule has 1 amide bonds. The number of hydrogen-bond donors (Lipinski definition) is 1. The van der Waals surface area contributed by atoms with Crippen molar-refractivity contribution in [2.45, 2.75) is 6.61 Å². The van der Waals surface area contributed by atoms with Gasteiger partial charge in [-0.2, -0.15) is 0 Å². The molecule has 13 heavy (non-hydrogen) atoms. The van der Waals surface area contributed by atoms with Crippen molar-refractivity contribution in [1.29, 1.82) is 0 Å². The number of amides is 1. The summed E-state index contributed by atoms with van der Waals surface area (Å²) >= 11 is 3.28. The van der Waals surface area contributed by atoms with E-state index >= 15 is 0 Å². The molecule has 1 aromatic rings. The standard InChI is InChI=1S/C8H7BrN2O2/c9-5-1-6-7(10-2-5)3-13-4-8(12)11-6/h1-2H,3-4H2,(H,11,12). The summed E-state index contributed by atoms with van der Waals surface area (Å²) in [6.07, 6.45) is 1.68. The highest BCUT2D eigenvalue weighted by Gasteiger charge is 2.13. The molecule has 0 atom stereocenters. The van der Waals surface area contributed by atoms with Crippen molar-refractivity contribution in [3.8, 4) is 0 Å². The summed E-state index contributed by atoms with van der Waals surface area (Å²) in [6, 6.07) is 1.81. The van der Waals surface area contributed by atoms with Crippen LogP contribution in [0.15, 0.2) is 16.7 Å². The van der Waals surface area contributed by atoms with Gasteiger partial charge < -0.3 is 10.1 Å². The SMILES string of the molecule is O=C1COCc2ncc(Br)cc2N1. The number of anilines is 1. The lowest BCUT2D eigenvalue weighted by molar-refractivity contribution is -0.120. The van der Waals surface area contributed by atoms with Crippen LogP contribution in [0, 0.1) is 0 Å². The highest BCUT2D eigenvalue weighted by molar-refractivity contribution is 9.10. The Bertz CT molecular complexity index is 354. The fourth-order valence-electron chi connectivity index (χ4n) is 1.12. The van der Waals surface area contributed by atoms with Crippen LogP contribution in [0.25, 0.3) is 0 Å². The molecule has 0 saturated carbocycles. The van der Waals surface area contributed by atoms with Gasteiger partial charge in [0, 0.05) is 10.7 Å². The van der Waals surface area contributed by atoms with Gasteiger partial charge in [-0.15, -0.1) is 0 Å². The lowest BCUT2D eigenvalue weighted by Gasteiger charge is -2.03. The van der Waals surface area contributed by atoms with Crippen LogP contribution < -0.4 is 5.32 Å². The third kappa shape index (κ3) is 1.87. The summed E-state index contributed by atoms with van der Waals surface area (Å²) in [6.45, 7) is 0.468. The number of aromatic nitrogens is 1. The molecule has 0 unspecified atom stereocenters. The van der Waals surface area contributed by atoms with Crippen molar-refractivity contribution >= 4 is 27.5 Å². The zero-order valence-corrected chi connectivity index (χ0v) is 8.30. The van der Waals surface area contributed by atoms with Crippen LogP contribution in [0.3, 0.4) is 0 Å². The molecule has 2 heterocycles. The Morgan fingerprint density at radius 1 is 1.54 bits per heavy atom. The molecule has 2 rings (SSSR count). The third-order valence-electron chi connectivity index (χ3n) is 1.68. The molecule has 0 radical (unpaired) electrons. The maximum absolute atomic E-state index is 11.1. The minimum absolute atomic E-state index is 0.0912. The molecular formula is C8H7BrN2O2. The van der Waals surface area contributed by atoms with Crippen molar-refractivity contribution in [2.75, 3.05) is 11.9 Å². The minimum Gasteiger partial charge on any atom is -0.365 e. The van der Waals surface area contributed by atoms with Gasteiger partial charge in [0.15, 0.2) is 0 Å². The van der Waals surface area contributed by atoms with Gasteiger partial charge in [0.25, 0.3) is 0 Å². The van der Waals surface area contributed by atoms with Gasteiger partial charge in [-0.1, -0.05) is 0 Å². The Hall–Kier alpha value is -0.940. The Kier molecular flexibility index (Phi) is 2.28. The number of nitrogens with one attached hydrogen (secondary N) is 1. The first kappa shape index (κ1) is 8.65. The third-order valence-corrected chi connectivity index (χ3v) is 2.12. The van der Waals surface area contributed by atoms with E-state index in [0.717, 1.165) is 15.9 Å². The van der Waals surface area contributed by atoms with Crippen LogP contribution >= 0.6 is 15.9 Å². The first-order valence-corrected chi connectivity index (χ1v) is 4.57. The number of halogens is 1. The summed E-state index contributed by atoms with van der Waals surface area (Å²) in [5.74, 6) is -0.140. The topological polar surface area (TPSA) is 51.2 Å². The summed E-state index contributed by atoms with van der Waals surface area (Å²) in [5, 5.41) is 2.71. The monoisotopic (exact) mass is 242 g/mol. The van der Waals surface area contributed by atoms with Crippen LogP contribution in [0.5, 0.6) is 0 Å². The predicted octanol–water partition coefficient (Wildman–Crippen LogP) is 1.31. The van der Waals surface area contributed by atoms with E-state index in [-0.39, 0.29) is 12.5 Å². The zero-order valence-electron chi connectivity index (χ0n) is 6.71. The zero-order chi connectivity index (χ0) is 9.26. The van der Waals surface area contributed by atoms with Crippen molar-refractivity contribution in [2.24, 2.45) is 0 Å². The highest BCUT2D eigenvalue weighted by atomic mass is 79.9. The number of nitrogens with zero attached hydrogens (tertiary/aromatic N) is 1. The van der Waals surface area contributed by atoms with Crippen LogP contribution in [-0.4, -0.2) is 17.5 Å². The Labute approximate surface area is 83.4 Å². The molecule has 1 aliphatic heterocycles. The van der Waals surface area contributed by atoms with E-state index in [0.29, 0.717) is 6.61 Å². The molecule has 1 aliphatic rings. The van der Waals surface area contributed by atoms with E-state index < -0.39 is 0 Å². The fourth-order valence-corrected chi connectivity index (χ4v) is 1.45. The van der Waals surface area contributed by atoms with Crippen LogP contribution in [-0.2, 0) is 16.1 Å². The molecule has 0 saturated heterocycles. The number of pyridine rings is 1. The molecule has 0 aliphatic carbocycles. The first-order valence-electron chi connectivity index (χ1n) is 3.78. The lowest BCUT2D eigenvalue weighted by Crippen LogP contribution is -2.14. The molecule has 0 aromatic carbocycles. The van der Waals surface area contributed by atoms with Gasteiger partial charge in [-0.05, 0) is 22.0 Å². The molecular weight excluding hydrogens is 236 g/mol. The van der Waals surface area contributed by atoms with Gasteiger partial charge in [0.05, 0.1) is 18.0 Å². The van der Waals surface area contributed by atoms with E-state index in [1.807, 2.05) is 6.07 Å². The lowest BCUT2D eigenvalue weighted by atomic mass is 10.3. The van der Waals surface area contributed by atoms with E-state index in [2.05, 4.69) is 26.2 Å². The normalized spacial score (nSPS) is 15.9. The minimum atomic E-state index is -0.140. The van der Waals surface area contributed by atoms with Crippen LogP contribution in [0.4, 0.5) is 5.69 Å². The van der Waals surface area contributed by atoms with Crippen LogP contribution in [0.2, 0.25) is 0 Å². The summed E-state index contributed by atoms with van der Waals surface area (Å²) in [4.78, 5) is 15.2.